The van der Waals surface area contributed by atoms with Crippen LogP contribution in [0, 0.1) is 0 Å². The smallest absolute Gasteiger partial charge is 0.261 e. The molecule has 7 nitrogen and oxygen atoms in total. The van der Waals surface area contributed by atoms with Crippen LogP contribution in [-0.4, -0.2) is 30.3 Å². The monoisotopic (exact) mass is 493 g/mol. The second-order valence-corrected chi connectivity index (χ2v) is 10.0. The van der Waals surface area contributed by atoms with E-state index in [1.807, 2.05) is 24.3 Å². The van der Waals surface area contributed by atoms with E-state index in [4.69, 9.17) is 4.42 Å². The van der Waals surface area contributed by atoms with Crippen molar-refractivity contribution in [1.82, 2.24) is 10.6 Å². The van der Waals surface area contributed by atoms with Crippen LogP contribution in [-0.2, 0) is 9.59 Å². The Morgan fingerprint density at radius 1 is 1.06 bits per heavy atom. The fourth-order valence-electron chi connectivity index (χ4n) is 4.36. The van der Waals surface area contributed by atoms with E-state index in [0.717, 1.165) is 31.2 Å². The Morgan fingerprint density at radius 2 is 1.80 bits per heavy atom. The molecule has 0 aliphatic heterocycles. The molecule has 4 rings (SSSR count). The highest BCUT2D eigenvalue weighted by Gasteiger charge is 2.36. The van der Waals surface area contributed by atoms with Gasteiger partial charge in [-0.3, -0.25) is 19.3 Å². The maximum Gasteiger partial charge on any atom is 0.261 e. The maximum atomic E-state index is 13.6. The first-order chi connectivity index (χ1) is 16.9. The van der Waals surface area contributed by atoms with Crippen molar-refractivity contribution in [1.29, 1.82) is 0 Å². The van der Waals surface area contributed by atoms with Gasteiger partial charge < -0.3 is 15.1 Å². The lowest BCUT2D eigenvalue weighted by molar-refractivity contribution is -0.127. The number of benzene rings is 1. The van der Waals surface area contributed by atoms with Crippen molar-refractivity contribution in [3.63, 3.8) is 0 Å². The molecular formula is C27H31N3O4S. The second-order valence-electron chi connectivity index (χ2n) is 9.08. The topological polar surface area (TPSA) is 91.7 Å². The van der Waals surface area contributed by atoms with E-state index in [1.54, 1.807) is 29.6 Å². The highest BCUT2D eigenvalue weighted by atomic mass is 32.1. The zero-order valence-electron chi connectivity index (χ0n) is 20.0. The molecule has 184 valence electrons. The molecule has 1 aliphatic rings. The molecule has 0 spiro atoms. The van der Waals surface area contributed by atoms with E-state index >= 15 is 0 Å². The lowest BCUT2D eigenvalue weighted by Gasteiger charge is -2.31. The zero-order chi connectivity index (χ0) is 24.8. The number of carbonyl (C=O) groups is 3. The molecule has 3 aromatic rings. The Kier molecular flexibility index (Phi) is 8.02. The van der Waals surface area contributed by atoms with Crippen LogP contribution in [0.2, 0.25) is 0 Å². The fraction of sp³-hybridized carbons (Fsp3) is 0.370. The van der Waals surface area contributed by atoms with Gasteiger partial charge in [-0.25, -0.2) is 0 Å². The van der Waals surface area contributed by atoms with Gasteiger partial charge in [-0.05, 0) is 60.0 Å². The van der Waals surface area contributed by atoms with Gasteiger partial charge in [0.05, 0.1) is 17.7 Å². The number of nitrogens with zero attached hydrogens (tertiary/aromatic N) is 1. The standard InChI is InChI=1S/C27H31N3O4S/c1-18(2)19-11-13-21(14-12-19)30(24(31)17-28-26(32)23-10-6-16-35-23)25(22-9-5-15-34-22)27(33)29-20-7-3-4-8-20/h5-6,9-16,18,20,25H,3-4,7-8,17H2,1-2H3,(H,28,32)(H,29,33)/t25-/m1/s1. The van der Waals surface area contributed by atoms with E-state index in [2.05, 4.69) is 24.5 Å². The Labute approximate surface area is 209 Å². The molecule has 35 heavy (non-hydrogen) atoms. The summed E-state index contributed by atoms with van der Waals surface area (Å²) in [7, 11) is 0. The van der Waals surface area contributed by atoms with Crippen molar-refractivity contribution >= 4 is 34.7 Å². The van der Waals surface area contributed by atoms with Gasteiger partial charge in [0.25, 0.3) is 11.8 Å². The first-order valence-corrected chi connectivity index (χ1v) is 12.9. The number of rotatable bonds is 9. The summed E-state index contributed by atoms with van der Waals surface area (Å²) in [5.41, 5.74) is 1.69. The molecule has 8 heteroatoms. The predicted molar refractivity (Wildman–Crippen MR) is 137 cm³/mol. The normalized spacial score (nSPS) is 14.6. The molecule has 2 heterocycles. The lowest BCUT2D eigenvalue weighted by Crippen LogP contribution is -2.49. The SMILES string of the molecule is CC(C)c1ccc(N(C(=O)CNC(=O)c2cccs2)[C@@H](C(=O)NC2CCCC2)c2ccco2)cc1. The minimum atomic E-state index is -0.998. The van der Waals surface area contributed by atoms with Crippen LogP contribution in [0.15, 0.2) is 64.6 Å². The van der Waals surface area contributed by atoms with Gasteiger partial charge in [0.1, 0.15) is 5.76 Å². The van der Waals surface area contributed by atoms with E-state index in [0.29, 0.717) is 22.2 Å². The molecule has 1 fully saturated rings. The van der Waals surface area contributed by atoms with Crippen molar-refractivity contribution in [3.05, 3.63) is 76.4 Å². The molecule has 1 atom stereocenters. The van der Waals surface area contributed by atoms with Gasteiger partial charge in [0.2, 0.25) is 5.91 Å². The van der Waals surface area contributed by atoms with Gasteiger partial charge in [-0.15, -0.1) is 11.3 Å². The molecular weight excluding hydrogens is 462 g/mol. The third kappa shape index (κ3) is 6.00. The van der Waals surface area contributed by atoms with Gasteiger partial charge >= 0.3 is 0 Å². The molecule has 0 bridgehead atoms. The number of hydrogen-bond donors (Lipinski definition) is 2. The van der Waals surface area contributed by atoms with Crippen LogP contribution in [0.4, 0.5) is 5.69 Å². The minimum absolute atomic E-state index is 0.0822. The molecule has 0 radical (unpaired) electrons. The second kappa shape index (κ2) is 11.4. The van der Waals surface area contributed by atoms with Gasteiger partial charge in [-0.2, -0.15) is 0 Å². The van der Waals surface area contributed by atoms with Crippen LogP contribution >= 0.6 is 11.3 Å². The Bertz CT molecular complexity index is 1120. The number of thiophene rings is 1. The number of nitrogens with one attached hydrogen (secondary N) is 2. The number of anilines is 1. The summed E-state index contributed by atoms with van der Waals surface area (Å²) in [4.78, 5) is 41.6. The van der Waals surface area contributed by atoms with Gasteiger partial charge in [0.15, 0.2) is 6.04 Å². The van der Waals surface area contributed by atoms with Crippen LogP contribution in [0.3, 0.4) is 0 Å². The molecule has 2 N–H and O–H groups in total. The minimum Gasteiger partial charge on any atom is -0.467 e. The summed E-state index contributed by atoms with van der Waals surface area (Å²) in [5.74, 6) is -0.336. The van der Waals surface area contributed by atoms with Crippen LogP contribution < -0.4 is 15.5 Å². The fourth-order valence-corrected chi connectivity index (χ4v) is 5.00. The highest BCUT2D eigenvalue weighted by molar-refractivity contribution is 7.12. The Morgan fingerprint density at radius 3 is 2.40 bits per heavy atom. The third-order valence-corrected chi connectivity index (χ3v) is 7.14. The zero-order valence-corrected chi connectivity index (χ0v) is 20.8. The highest BCUT2D eigenvalue weighted by Crippen LogP contribution is 2.30. The van der Waals surface area contributed by atoms with Crippen LogP contribution in [0.5, 0.6) is 0 Å². The summed E-state index contributed by atoms with van der Waals surface area (Å²) in [6.45, 7) is 3.94. The van der Waals surface area contributed by atoms with E-state index in [9.17, 15) is 14.4 Å². The lowest BCUT2D eigenvalue weighted by atomic mass is 10.0. The molecule has 1 saturated carbocycles. The van der Waals surface area contributed by atoms with E-state index in [1.165, 1.54) is 22.5 Å². The molecule has 2 aromatic heterocycles. The average molecular weight is 494 g/mol. The molecule has 1 aliphatic carbocycles. The number of carbonyl (C=O) groups excluding carboxylic acids is 3. The van der Waals surface area contributed by atoms with E-state index < -0.39 is 11.9 Å². The predicted octanol–water partition coefficient (Wildman–Crippen LogP) is 5.03. The first kappa shape index (κ1) is 24.7. The van der Waals surface area contributed by atoms with Crippen molar-refractivity contribution < 1.29 is 18.8 Å². The Balaban J connectivity index is 1.65. The summed E-state index contributed by atoms with van der Waals surface area (Å²) in [5, 5.41) is 7.61. The first-order valence-electron chi connectivity index (χ1n) is 12.0. The summed E-state index contributed by atoms with van der Waals surface area (Å²) in [6.07, 6.45) is 5.48. The Hall–Kier alpha value is -3.39. The number of hydrogen-bond acceptors (Lipinski definition) is 5. The van der Waals surface area contributed by atoms with Crippen molar-refractivity contribution in [3.8, 4) is 0 Å². The van der Waals surface area contributed by atoms with Crippen molar-refractivity contribution in [2.24, 2.45) is 0 Å². The summed E-state index contributed by atoms with van der Waals surface area (Å²) < 4.78 is 5.64. The van der Waals surface area contributed by atoms with Gasteiger partial charge in [-0.1, -0.05) is 44.9 Å². The summed E-state index contributed by atoms with van der Waals surface area (Å²) in [6, 6.07) is 13.6. The summed E-state index contributed by atoms with van der Waals surface area (Å²) >= 11 is 1.30. The van der Waals surface area contributed by atoms with Crippen molar-refractivity contribution in [2.45, 2.75) is 57.5 Å². The van der Waals surface area contributed by atoms with E-state index in [-0.39, 0.29) is 24.4 Å². The van der Waals surface area contributed by atoms with Gasteiger partial charge in [0, 0.05) is 11.7 Å². The molecule has 0 unspecified atom stereocenters. The number of amides is 3. The quantitative estimate of drug-likeness (QED) is 0.437. The number of furan rings is 1. The van der Waals surface area contributed by atoms with Crippen LogP contribution in [0.1, 0.15) is 72.5 Å². The van der Waals surface area contributed by atoms with Crippen LogP contribution in [0.25, 0.3) is 0 Å². The molecule has 0 saturated heterocycles. The maximum absolute atomic E-state index is 13.6. The third-order valence-electron chi connectivity index (χ3n) is 6.27. The largest absolute Gasteiger partial charge is 0.467 e. The molecule has 1 aromatic carbocycles. The van der Waals surface area contributed by atoms with Crippen molar-refractivity contribution in [2.75, 3.05) is 11.4 Å². The molecule has 3 amide bonds. The average Bonchev–Trinajstić information content (AvgIpc) is 3.64.